The number of thioether (sulfide) groups is 1. The molecule has 1 aliphatic rings. The molecule has 0 unspecified atom stereocenters. The molecule has 0 spiro atoms. The van der Waals surface area contributed by atoms with Gasteiger partial charge in [0.25, 0.3) is 5.91 Å². The number of halogens is 1. The molecular formula is C29H22ClN3O4S2. The molecule has 7 nitrogen and oxygen atoms in total. The molecule has 3 aromatic carbocycles. The number of carboxylic acids is 1. The maximum absolute atomic E-state index is 13.1. The minimum Gasteiger partial charge on any atom is -0.489 e. The zero-order valence-corrected chi connectivity index (χ0v) is 22.9. The van der Waals surface area contributed by atoms with E-state index in [-0.39, 0.29) is 18.9 Å². The number of benzene rings is 3. The van der Waals surface area contributed by atoms with Crippen LogP contribution in [0.3, 0.4) is 0 Å². The minimum absolute atomic E-state index is 0.0261. The van der Waals surface area contributed by atoms with Gasteiger partial charge in [0.2, 0.25) is 0 Å². The lowest BCUT2D eigenvalue weighted by molar-refractivity contribution is -0.137. The third kappa shape index (κ3) is 6.22. The lowest BCUT2D eigenvalue weighted by atomic mass is 10.1. The first-order valence-electron chi connectivity index (χ1n) is 12.0. The normalized spacial score (nSPS) is 14.3. The van der Waals surface area contributed by atoms with Crippen molar-refractivity contribution in [3.63, 3.8) is 0 Å². The zero-order valence-electron chi connectivity index (χ0n) is 20.5. The molecule has 2 heterocycles. The Morgan fingerprint density at radius 3 is 2.62 bits per heavy atom. The van der Waals surface area contributed by atoms with Crippen LogP contribution in [0.2, 0.25) is 5.02 Å². The molecule has 0 aliphatic carbocycles. The average Bonchev–Trinajstić information content (AvgIpc) is 3.48. The summed E-state index contributed by atoms with van der Waals surface area (Å²) in [6.07, 6.45) is 3.42. The number of para-hydroxylation sites is 1. The number of hydrogen-bond donors (Lipinski definition) is 1. The van der Waals surface area contributed by atoms with Gasteiger partial charge in [-0.15, -0.1) is 0 Å². The Hall–Kier alpha value is -3.92. The lowest BCUT2D eigenvalue weighted by Gasteiger charge is -2.12. The maximum atomic E-state index is 13.1. The fourth-order valence-electron chi connectivity index (χ4n) is 3.98. The number of hydrogen-bond acceptors (Lipinski definition) is 6. The fourth-order valence-corrected chi connectivity index (χ4v) is 5.47. The van der Waals surface area contributed by atoms with E-state index in [0.717, 1.165) is 28.6 Å². The van der Waals surface area contributed by atoms with Gasteiger partial charge in [0.05, 0.1) is 17.0 Å². The number of carbonyl (C=O) groups is 2. The summed E-state index contributed by atoms with van der Waals surface area (Å²) >= 11 is 12.8. The van der Waals surface area contributed by atoms with Gasteiger partial charge in [0, 0.05) is 34.5 Å². The maximum Gasteiger partial charge on any atom is 0.305 e. The Kier molecular flexibility index (Phi) is 8.11. The second kappa shape index (κ2) is 11.9. The molecule has 39 heavy (non-hydrogen) atoms. The Morgan fingerprint density at radius 1 is 1.08 bits per heavy atom. The number of nitrogens with zero attached hydrogens (tertiary/aromatic N) is 3. The molecule has 5 rings (SSSR count). The van der Waals surface area contributed by atoms with Gasteiger partial charge in [0.1, 0.15) is 22.4 Å². The molecule has 0 bridgehead atoms. The highest BCUT2D eigenvalue weighted by Gasteiger charge is 2.32. The SMILES string of the molecule is O=C(O)CCN1C(=O)/C(=C/c2cn(-c3ccccc3)nc2-c2cccc(OCc3ccccc3Cl)c2)SC1=S. The summed E-state index contributed by atoms with van der Waals surface area (Å²) in [4.78, 5) is 25.8. The summed E-state index contributed by atoms with van der Waals surface area (Å²) in [5, 5.41) is 14.5. The number of carboxylic acid groups (broad SMARTS) is 1. The quantitative estimate of drug-likeness (QED) is 0.181. The highest BCUT2D eigenvalue weighted by Crippen LogP contribution is 2.35. The first-order valence-corrected chi connectivity index (χ1v) is 13.6. The van der Waals surface area contributed by atoms with Crippen molar-refractivity contribution in [3.8, 4) is 22.7 Å². The molecule has 1 fully saturated rings. The average molecular weight is 576 g/mol. The van der Waals surface area contributed by atoms with E-state index in [9.17, 15) is 9.59 Å². The number of aromatic nitrogens is 2. The summed E-state index contributed by atoms with van der Waals surface area (Å²) in [7, 11) is 0. The Labute approximate surface area is 239 Å². The van der Waals surface area contributed by atoms with Gasteiger partial charge in [-0.3, -0.25) is 14.5 Å². The summed E-state index contributed by atoms with van der Waals surface area (Å²) in [5.41, 5.74) is 3.90. The van der Waals surface area contributed by atoms with E-state index in [1.807, 2.05) is 85.1 Å². The van der Waals surface area contributed by atoms with Crippen molar-refractivity contribution in [2.75, 3.05) is 6.54 Å². The monoisotopic (exact) mass is 575 g/mol. The molecule has 0 atom stereocenters. The smallest absolute Gasteiger partial charge is 0.305 e. The van der Waals surface area contributed by atoms with Crippen molar-refractivity contribution in [1.29, 1.82) is 0 Å². The largest absolute Gasteiger partial charge is 0.489 e. The topological polar surface area (TPSA) is 84.7 Å². The molecule has 1 aromatic heterocycles. The Bertz CT molecular complexity index is 1590. The number of thiocarbonyl (C=S) groups is 1. The number of rotatable bonds is 9. The van der Waals surface area contributed by atoms with E-state index < -0.39 is 5.97 Å². The van der Waals surface area contributed by atoms with Crippen molar-refractivity contribution in [2.24, 2.45) is 0 Å². The van der Waals surface area contributed by atoms with Gasteiger partial charge in [-0.25, -0.2) is 4.68 Å². The molecular weight excluding hydrogens is 554 g/mol. The summed E-state index contributed by atoms with van der Waals surface area (Å²) < 4.78 is 8.11. The number of aliphatic carboxylic acids is 1. The lowest BCUT2D eigenvalue weighted by Crippen LogP contribution is -2.30. The van der Waals surface area contributed by atoms with Gasteiger partial charge in [-0.2, -0.15) is 5.10 Å². The Balaban J connectivity index is 1.48. The van der Waals surface area contributed by atoms with Crippen LogP contribution in [0.25, 0.3) is 23.0 Å². The fraction of sp³-hybridized carbons (Fsp3) is 0.103. The second-order valence-electron chi connectivity index (χ2n) is 8.60. The van der Waals surface area contributed by atoms with Crippen LogP contribution in [0.1, 0.15) is 17.5 Å². The van der Waals surface area contributed by atoms with Crippen LogP contribution in [0.4, 0.5) is 0 Å². The third-order valence-corrected chi connectivity index (χ3v) is 7.68. The van der Waals surface area contributed by atoms with Gasteiger partial charge in [0.15, 0.2) is 0 Å². The van der Waals surface area contributed by atoms with E-state index in [1.165, 1.54) is 4.90 Å². The summed E-state index contributed by atoms with van der Waals surface area (Å²) in [5.74, 6) is -0.662. The van der Waals surface area contributed by atoms with E-state index >= 15 is 0 Å². The molecule has 1 amide bonds. The van der Waals surface area contributed by atoms with Crippen molar-refractivity contribution < 1.29 is 19.4 Å². The van der Waals surface area contributed by atoms with Crippen LogP contribution in [0, 0.1) is 0 Å². The van der Waals surface area contributed by atoms with Crippen LogP contribution < -0.4 is 4.74 Å². The molecule has 0 radical (unpaired) electrons. The molecule has 10 heteroatoms. The van der Waals surface area contributed by atoms with E-state index in [4.69, 9.17) is 38.8 Å². The molecule has 1 aliphatic heterocycles. The summed E-state index contributed by atoms with van der Waals surface area (Å²) in [6.45, 7) is 0.339. The Morgan fingerprint density at radius 2 is 1.85 bits per heavy atom. The molecule has 4 aromatic rings. The van der Waals surface area contributed by atoms with Crippen molar-refractivity contribution in [3.05, 3.63) is 106 Å². The van der Waals surface area contributed by atoms with Crippen LogP contribution in [-0.4, -0.2) is 42.5 Å². The molecule has 1 saturated heterocycles. The van der Waals surface area contributed by atoms with Gasteiger partial charge < -0.3 is 9.84 Å². The molecule has 0 saturated carbocycles. The van der Waals surface area contributed by atoms with Gasteiger partial charge >= 0.3 is 5.97 Å². The number of amides is 1. The van der Waals surface area contributed by atoms with Crippen LogP contribution >= 0.6 is 35.6 Å². The van der Waals surface area contributed by atoms with Gasteiger partial charge in [-0.1, -0.05) is 84.1 Å². The second-order valence-corrected chi connectivity index (χ2v) is 10.7. The standard InChI is InChI=1S/C29H22ClN3O4S2/c30-24-12-5-4-7-20(24)18-37-23-11-6-8-19(15-23)27-21(17-33(31-27)22-9-2-1-3-10-22)16-25-28(36)32(29(38)39-25)14-13-26(34)35/h1-12,15-17H,13-14,18H2,(H,34,35)/b25-16-. The first-order chi connectivity index (χ1) is 18.9. The predicted molar refractivity (Wildman–Crippen MR) is 157 cm³/mol. The first kappa shape index (κ1) is 26.7. The predicted octanol–water partition coefficient (Wildman–Crippen LogP) is 6.45. The van der Waals surface area contributed by atoms with Crippen LogP contribution in [0.5, 0.6) is 5.75 Å². The minimum atomic E-state index is -0.990. The van der Waals surface area contributed by atoms with Crippen LogP contribution in [0.15, 0.2) is 90.0 Å². The van der Waals surface area contributed by atoms with Crippen molar-refractivity contribution in [2.45, 2.75) is 13.0 Å². The zero-order chi connectivity index (χ0) is 27.4. The van der Waals surface area contributed by atoms with E-state index in [1.54, 1.807) is 10.8 Å². The third-order valence-electron chi connectivity index (χ3n) is 5.93. The van der Waals surface area contributed by atoms with Crippen LogP contribution in [-0.2, 0) is 16.2 Å². The number of ether oxygens (including phenoxy) is 1. The summed E-state index contributed by atoms with van der Waals surface area (Å²) in [6, 6.07) is 24.7. The molecule has 196 valence electrons. The highest BCUT2D eigenvalue weighted by atomic mass is 35.5. The molecule has 1 N–H and O–H groups in total. The van der Waals surface area contributed by atoms with E-state index in [2.05, 4.69) is 0 Å². The van der Waals surface area contributed by atoms with Crippen molar-refractivity contribution >= 4 is 57.9 Å². The van der Waals surface area contributed by atoms with Gasteiger partial charge in [-0.05, 0) is 36.4 Å². The highest BCUT2D eigenvalue weighted by molar-refractivity contribution is 8.26. The van der Waals surface area contributed by atoms with Crippen molar-refractivity contribution in [1.82, 2.24) is 14.7 Å². The van der Waals surface area contributed by atoms with E-state index in [0.29, 0.717) is 37.9 Å². The number of carbonyl (C=O) groups excluding carboxylic acids is 1.